The molecule has 182 valence electrons. The predicted octanol–water partition coefficient (Wildman–Crippen LogP) is 4.65. The number of amides is 2. The molecule has 7 heteroatoms. The van der Waals surface area contributed by atoms with Crippen LogP contribution in [0.3, 0.4) is 0 Å². The highest BCUT2D eigenvalue weighted by molar-refractivity contribution is 5.81. The maximum atomic E-state index is 12.6. The normalized spacial score (nSPS) is 12.7. The zero-order valence-corrected chi connectivity index (χ0v) is 20.3. The molecule has 2 aromatic carbocycles. The zero-order valence-electron chi connectivity index (χ0n) is 20.3. The van der Waals surface area contributed by atoms with Crippen LogP contribution in [0.15, 0.2) is 48.5 Å². The average Bonchev–Trinajstić information content (AvgIpc) is 3.08. The number of nitrogens with zero attached hydrogens (tertiary/aromatic N) is 1. The van der Waals surface area contributed by atoms with E-state index < -0.39 is 17.6 Å². The number of benzene rings is 2. The molecular formula is C27H34N2O5. The number of hydrogen-bond acceptors (Lipinski definition) is 4. The van der Waals surface area contributed by atoms with E-state index in [2.05, 4.69) is 29.6 Å². The van der Waals surface area contributed by atoms with Crippen LogP contribution in [0.1, 0.15) is 57.6 Å². The summed E-state index contributed by atoms with van der Waals surface area (Å²) >= 11 is 0. The second-order valence-corrected chi connectivity index (χ2v) is 9.90. The lowest BCUT2D eigenvalue weighted by Crippen LogP contribution is -2.45. The highest BCUT2D eigenvalue weighted by Crippen LogP contribution is 2.44. The van der Waals surface area contributed by atoms with Crippen molar-refractivity contribution in [3.05, 3.63) is 59.7 Å². The first-order valence-corrected chi connectivity index (χ1v) is 11.7. The first-order valence-electron chi connectivity index (χ1n) is 11.7. The van der Waals surface area contributed by atoms with Gasteiger partial charge in [0.05, 0.1) is 0 Å². The highest BCUT2D eigenvalue weighted by Gasteiger charge is 2.30. The first kappa shape index (κ1) is 25.3. The molecule has 0 saturated carbocycles. The van der Waals surface area contributed by atoms with Crippen LogP contribution >= 0.6 is 0 Å². The summed E-state index contributed by atoms with van der Waals surface area (Å²) in [6.07, 6.45) is -0.0372. The molecule has 0 atom stereocenters. The zero-order chi connectivity index (χ0) is 24.9. The standard InChI is InChI=1S/C27H34N2O5/c1-18(2)15-29(16-25(31)32)24(30)13-14-27(3,4)28-26(33)34-17-23-21-11-7-5-9-19(21)20-10-6-8-12-22(20)23/h5-12,18,23H,13-17H2,1-4H3,(H,28,33)(H,31,32). The van der Waals surface area contributed by atoms with Gasteiger partial charge in [0, 0.05) is 24.4 Å². The minimum absolute atomic E-state index is 0.0246. The highest BCUT2D eigenvalue weighted by atomic mass is 16.5. The number of carboxylic acids is 1. The molecular weight excluding hydrogens is 432 g/mol. The van der Waals surface area contributed by atoms with Crippen LogP contribution in [-0.4, -0.2) is 53.2 Å². The van der Waals surface area contributed by atoms with Gasteiger partial charge in [0.25, 0.3) is 0 Å². The molecule has 0 radical (unpaired) electrons. The molecule has 0 bridgehead atoms. The number of nitrogens with one attached hydrogen (secondary N) is 1. The number of rotatable bonds is 10. The van der Waals surface area contributed by atoms with Crippen molar-refractivity contribution in [1.82, 2.24) is 10.2 Å². The molecule has 3 rings (SSSR count). The van der Waals surface area contributed by atoms with Crippen LogP contribution in [0.4, 0.5) is 4.79 Å². The number of ether oxygens (including phenoxy) is 1. The molecule has 0 unspecified atom stereocenters. The summed E-state index contributed by atoms with van der Waals surface area (Å²) in [5.41, 5.74) is 3.93. The van der Waals surface area contributed by atoms with E-state index in [0.717, 1.165) is 11.1 Å². The predicted molar refractivity (Wildman–Crippen MR) is 131 cm³/mol. The number of alkyl carbamates (subject to hydrolysis) is 1. The lowest BCUT2D eigenvalue weighted by Gasteiger charge is -2.28. The maximum absolute atomic E-state index is 12.6. The van der Waals surface area contributed by atoms with E-state index >= 15 is 0 Å². The third-order valence-corrected chi connectivity index (χ3v) is 6.01. The Bertz CT molecular complexity index is 1000. The van der Waals surface area contributed by atoms with Gasteiger partial charge in [-0.1, -0.05) is 62.4 Å². The fourth-order valence-electron chi connectivity index (χ4n) is 4.41. The Balaban J connectivity index is 1.55. The third kappa shape index (κ3) is 6.37. The summed E-state index contributed by atoms with van der Waals surface area (Å²) in [5.74, 6) is -1.14. The summed E-state index contributed by atoms with van der Waals surface area (Å²) < 4.78 is 5.61. The van der Waals surface area contributed by atoms with E-state index in [1.807, 2.05) is 52.0 Å². The Hall–Kier alpha value is -3.35. The van der Waals surface area contributed by atoms with Gasteiger partial charge in [0.1, 0.15) is 13.2 Å². The van der Waals surface area contributed by atoms with Crippen LogP contribution in [0.5, 0.6) is 0 Å². The number of carbonyl (C=O) groups excluding carboxylic acids is 2. The smallest absolute Gasteiger partial charge is 0.407 e. The van der Waals surface area contributed by atoms with Gasteiger partial charge in [-0.3, -0.25) is 9.59 Å². The summed E-state index contributed by atoms with van der Waals surface area (Å²) in [7, 11) is 0. The molecule has 1 aliphatic carbocycles. The summed E-state index contributed by atoms with van der Waals surface area (Å²) in [6.45, 7) is 7.80. The molecule has 0 fully saturated rings. The SMILES string of the molecule is CC(C)CN(CC(=O)O)C(=O)CCC(C)(C)NC(=O)OCC1c2ccccc2-c2ccccc21. The number of carboxylic acid groups (broad SMARTS) is 1. The largest absolute Gasteiger partial charge is 0.480 e. The second kappa shape index (κ2) is 10.7. The van der Waals surface area contributed by atoms with Crippen molar-refractivity contribution >= 4 is 18.0 Å². The molecule has 0 aliphatic heterocycles. The lowest BCUT2D eigenvalue weighted by molar-refractivity contribution is -0.145. The number of hydrogen-bond donors (Lipinski definition) is 2. The van der Waals surface area contributed by atoms with Gasteiger partial charge in [-0.2, -0.15) is 0 Å². The maximum Gasteiger partial charge on any atom is 0.407 e. The molecule has 2 amide bonds. The van der Waals surface area contributed by atoms with E-state index in [-0.39, 0.29) is 37.3 Å². The molecule has 7 nitrogen and oxygen atoms in total. The topological polar surface area (TPSA) is 95.9 Å². The Labute approximate surface area is 201 Å². The van der Waals surface area contributed by atoms with E-state index in [1.54, 1.807) is 0 Å². The molecule has 0 spiro atoms. The van der Waals surface area contributed by atoms with Crippen molar-refractivity contribution in [3.8, 4) is 11.1 Å². The molecule has 0 heterocycles. The van der Waals surface area contributed by atoms with Crippen LogP contribution in [0, 0.1) is 5.92 Å². The van der Waals surface area contributed by atoms with E-state index in [1.165, 1.54) is 16.0 Å². The Morgan fingerprint density at radius 3 is 2.12 bits per heavy atom. The molecule has 1 aliphatic rings. The monoisotopic (exact) mass is 466 g/mol. The van der Waals surface area contributed by atoms with Gasteiger partial charge in [0.15, 0.2) is 0 Å². The van der Waals surface area contributed by atoms with E-state index in [4.69, 9.17) is 9.84 Å². The third-order valence-electron chi connectivity index (χ3n) is 6.01. The number of carbonyl (C=O) groups is 3. The number of aliphatic carboxylic acids is 1. The van der Waals surface area contributed by atoms with Crippen molar-refractivity contribution in [2.24, 2.45) is 5.92 Å². The van der Waals surface area contributed by atoms with Crippen LogP contribution in [-0.2, 0) is 14.3 Å². The van der Waals surface area contributed by atoms with Gasteiger partial charge in [-0.25, -0.2) is 4.79 Å². The van der Waals surface area contributed by atoms with Crippen molar-refractivity contribution in [2.45, 2.75) is 52.0 Å². The Morgan fingerprint density at radius 1 is 1.03 bits per heavy atom. The van der Waals surface area contributed by atoms with Crippen molar-refractivity contribution in [3.63, 3.8) is 0 Å². The fourth-order valence-corrected chi connectivity index (χ4v) is 4.41. The van der Waals surface area contributed by atoms with Crippen LogP contribution < -0.4 is 5.32 Å². The Kier molecular flexibility index (Phi) is 7.97. The van der Waals surface area contributed by atoms with Crippen molar-refractivity contribution < 1.29 is 24.2 Å². The summed E-state index contributed by atoms with van der Waals surface area (Å²) in [6, 6.07) is 16.3. The van der Waals surface area contributed by atoms with Gasteiger partial charge < -0.3 is 20.1 Å². The molecule has 0 saturated heterocycles. The summed E-state index contributed by atoms with van der Waals surface area (Å²) in [5, 5.41) is 12.0. The average molecular weight is 467 g/mol. The Morgan fingerprint density at radius 2 is 1.59 bits per heavy atom. The van der Waals surface area contributed by atoms with Gasteiger partial charge in [-0.05, 0) is 48.4 Å². The fraction of sp³-hybridized carbons (Fsp3) is 0.444. The van der Waals surface area contributed by atoms with Crippen molar-refractivity contribution in [1.29, 1.82) is 0 Å². The van der Waals surface area contributed by atoms with Crippen LogP contribution in [0.2, 0.25) is 0 Å². The second-order valence-electron chi connectivity index (χ2n) is 9.90. The van der Waals surface area contributed by atoms with Gasteiger partial charge >= 0.3 is 12.1 Å². The molecule has 2 aromatic rings. The van der Waals surface area contributed by atoms with Crippen LogP contribution in [0.25, 0.3) is 11.1 Å². The minimum atomic E-state index is -1.04. The minimum Gasteiger partial charge on any atom is -0.480 e. The van der Waals surface area contributed by atoms with Gasteiger partial charge in [-0.15, -0.1) is 0 Å². The summed E-state index contributed by atoms with van der Waals surface area (Å²) in [4.78, 5) is 37.7. The van der Waals surface area contributed by atoms with E-state index in [9.17, 15) is 14.4 Å². The number of fused-ring (bicyclic) bond motifs is 3. The van der Waals surface area contributed by atoms with Crippen molar-refractivity contribution in [2.75, 3.05) is 19.7 Å². The first-order chi connectivity index (χ1) is 16.1. The van der Waals surface area contributed by atoms with Gasteiger partial charge in [0.2, 0.25) is 5.91 Å². The molecule has 0 aromatic heterocycles. The van der Waals surface area contributed by atoms with E-state index in [0.29, 0.717) is 13.0 Å². The molecule has 2 N–H and O–H groups in total. The quantitative estimate of drug-likeness (QED) is 0.531. The molecule has 34 heavy (non-hydrogen) atoms. The lowest BCUT2D eigenvalue weighted by atomic mass is 9.97.